The van der Waals surface area contributed by atoms with Gasteiger partial charge in [0.2, 0.25) is 0 Å². The number of hydrogen-bond donors (Lipinski definition) is 1. The maximum Gasteiger partial charge on any atom is 0.0699 e. The van der Waals surface area contributed by atoms with Crippen molar-refractivity contribution in [3.8, 4) is 0 Å². The minimum absolute atomic E-state index is 0.414. The molecular weight excluding hydrogens is 222 g/mol. The molecule has 0 amide bonds. The van der Waals surface area contributed by atoms with Crippen LogP contribution < -0.4 is 5.32 Å². The Balaban J connectivity index is 3.83. The summed E-state index contributed by atoms with van der Waals surface area (Å²) in [5.74, 6) is 0.760. The van der Waals surface area contributed by atoms with E-state index >= 15 is 0 Å². The highest BCUT2D eigenvalue weighted by molar-refractivity contribution is 4.64. The van der Waals surface area contributed by atoms with Crippen LogP contribution in [-0.4, -0.2) is 25.8 Å². The Hall–Kier alpha value is -0.0800. The first-order valence-electron chi connectivity index (χ1n) is 8.10. The van der Waals surface area contributed by atoms with E-state index in [1.54, 1.807) is 0 Å². The van der Waals surface area contributed by atoms with Gasteiger partial charge in [-0.1, -0.05) is 53.4 Å². The van der Waals surface area contributed by atoms with Gasteiger partial charge >= 0.3 is 0 Å². The van der Waals surface area contributed by atoms with Crippen molar-refractivity contribution in [1.82, 2.24) is 5.32 Å². The van der Waals surface area contributed by atoms with Crippen molar-refractivity contribution in [3.63, 3.8) is 0 Å². The zero-order chi connectivity index (χ0) is 13.6. The van der Waals surface area contributed by atoms with E-state index in [-0.39, 0.29) is 0 Å². The molecule has 0 aromatic rings. The molecule has 18 heavy (non-hydrogen) atoms. The Morgan fingerprint density at radius 1 is 0.944 bits per heavy atom. The highest BCUT2D eigenvalue weighted by Gasteiger charge is 2.11. The van der Waals surface area contributed by atoms with Gasteiger partial charge in [-0.3, -0.25) is 0 Å². The van der Waals surface area contributed by atoms with E-state index in [1.165, 1.54) is 44.9 Å². The predicted molar refractivity (Wildman–Crippen MR) is 81.1 cm³/mol. The van der Waals surface area contributed by atoms with Crippen molar-refractivity contribution in [3.05, 3.63) is 0 Å². The standard InChI is InChI=1S/C16H35NO/c1-5-9-11-15(8-4)14-18-16(10-6-2)13-17-12-7-3/h15-17H,5-14H2,1-4H3. The number of nitrogens with one attached hydrogen (secondary N) is 1. The first kappa shape index (κ1) is 17.9. The van der Waals surface area contributed by atoms with Gasteiger partial charge in [0.05, 0.1) is 6.10 Å². The van der Waals surface area contributed by atoms with Gasteiger partial charge in [0, 0.05) is 13.2 Å². The highest BCUT2D eigenvalue weighted by Crippen LogP contribution is 2.14. The Bertz CT molecular complexity index is 161. The Morgan fingerprint density at radius 2 is 1.72 bits per heavy atom. The summed E-state index contributed by atoms with van der Waals surface area (Å²) in [7, 11) is 0. The van der Waals surface area contributed by atoms with Crippen LogP contribution in [-0.2, 0) is 4.74 Å². The van der Waals surface area contributed by atoms with Gasteiger partial charge in [-0.15, -0.1) is 0 Å². The zero-order valence-electron chi connectivity index (χ0n) is 13.1. The maximum absolute atomic E-state index is 6.12. The lowest BCUT2D eigenvalue weighted by atomic mass is 10.0. The molecule has 0 aromatic carbocycles. The van der Waals surface area contributed by atoms with Gasteiger partial charge in [0.25, 0.3) is 0 Å². The van der Waals surface area contributed by atoms with Crippen molar-refractivity contribution in [1.29, 1.82) is 0 Å². The molecule has 110 valence electrons. The molecule has 0 rings (SSSR count). The topological polar surface area (TPSA) is 21.3 Å². The molecule has 2 heteroatoms. The van der Waals surface area contributed by atoms with Crippen molar-refractivity contribution >= 4 is 0 Å². The molecule has 1 N–H and O–H groups in total. The maximum atomic E-state index is 6.12. The Morgan fingerprint density at radius 3 is 2.28 bits per heavy atom. The van der Waals surface area contributed by atoms with Crippen molar-refractivity contribution in [2.24, 2.45) is 5.92 Å². The minimum Gasteiger partial charge on any atom is -0.377 e. The summed E-state index contributed by atoms with van der Waals surface area (Å²) in [5.41, 5.74) is 0. The lowest BCUT2D eigenvalue weighted by Gasteiger charge is -2.22. The molecule has 2 atom stereocenters. The first-order valence-corrected chi connectivity index (χ1v) is 8.10. The summed E-state index contributed by atoms with van der Waals surface area (Å²) in [6.45, 7) is 12.1. The fourth-order valence-corrected chi connectivity index (χ4v) is 2.18. The second-order valence-corrected chi connectivity index (χ2v) is 5.36. The summed E-state index contributed by atoms with van der Waals surface area (Å²) < 4.78 is 6.12. The smallest absolute Gasteiger partial charge is 0.0699 e. The first-order chi connectivity index (χ1) is 8.78. The molecule has 2 nitrogen and oxygen atoms in total. The Labute approximate surface area is 115 Å². The van der Waals surface area contributed by atoms with E-state index in [9.17, 15) is 0 Å². The fourth-order valence-electron chi connectivity index (χ4n) is 2.18. The van der Waals surface area contributed by atoms with Crippen molar-refractivity contribution < 1.29 is 4.74 Å². The SMILES string of the molecule is CCCCC(CC)COC(CCC)CNCCC. The van der Waals surface area contributed by atoms with E-state index < -0.39 is 0 Å². The second kappa shape index (κ2) is 13.4. The van der Waals surface area contributed by atoms with E-state index in [0.29, 0.717) is 6.10 Å². The molecule has 0 radical (unpaired) electrons. The van der Waals surface area contributed by atoms with Crippen LogP contribution in [0.15, 0.2) is 0 Å². The fraction of sp³-hybridized carbons (Fsp3) is 1.00. The lowest BCUT2D eigenvalue weighted by Crippen LogP contribution is -2.31. The molecule has 0 aliphatic heterocycles. The molecule has 0 spiro atoms. The highest BCUT2D eigenvalue weighted by atomic mass is 16.5. The number of unbranched alkanes of at least 4 members (excludes halogenated alkanes) is 1. The van der Waals surface area contributed by atoms with Crippen LogP contribution in [0, 0.1) is 5.92 Å². The normalized spacial score (nSPS) is 14.7. The van der Waals surface area contributed by atoms with E-state index in [1.807, 2.05) is 0 Å². The molecule has 0 bridgehead atoms. The summed E-state index contributed by atoms with van der Waals surface area (Å²) in [6.07, 6.45) is 9.23. The van der Waals surface area contributed by atoms with Gasteiger partial charge in [-0.05, 0) is 31.7 Å². The number of hydrogen-bond acceptors (Lipinski definition) is 2. The number of ether oxygens (including phenoxy) is 1. The third kappa shape index (κ3) is 9.90. The Kier molecular flexibility index (Phi) is 13.3. The van der Waals surface area contributed by atoms with E-state index in [0.717, 1.165) is 25.6 Å². The summed E-state index contributed by atoms with van der Waals surface area (Å²) in [6, 6.07) is 0. The average Bonchev–Trinajstić information content (AvgIpc) is 2.39. The molecule has 0 aliphatic rings. The van der Waals surface area contributed by atoms with Crippen molar-refractivity contribution in [2.75, 3.05) is 19.7 Å². The van der Waals surface area contributed by atoms with E-state index in [4.69, 9.17) is 4.74 Å². The van der Waals surface area contributed by atoms with E-state index in [2.05, 4.69) is 33.0 Å². The molecule has 0 saturated carbocycles. The second-order valence-electron chi connectivity index (χ2n) is 5.36. The van der Waals surface area contributed by atoms with Gasteiger partial charge in [-0.25, -0.2) is 0 Å². The molecular formula is C16H35NO. The van der Waals surface area contributed by atoms with Crippen molar-refractivity contribution in [2.45, 2.75) is 78.7 Å². The molecule has 0 aromatic heterocycles. The van der Waals surface area contributed by atoms with Crippen LogP contribution in [0.2, 0.25) is 0 Å². The molecule has 0 aliphatic carbocycles. The van der Waals surface area contributed by atoms with Crippen LogP contribution in [0.4, 0.5) is 0 Å². The van der Waals surface area contributed by atoms with Gasteiger partial charge in [0.15, 0.2) is 0 Å². The monoisotopic (exact) mass is 257 g/mol. The van der Waals surface area contributed by atoms with Crippen LogP contribution in [0.25, 0.3) is 0 Å². The molecule has 2 unspecified atom stereocenters. The quantitative estimate of drug-likeness (QED) is 0.494. The van der Waals surface area contributed by atoms with Crippen LogP contribution in [0.5, 0.6) is 0 Å². The number of rotatable bonds is 13. The zero-order valence-corrected chi connectivity index (χ0v) is 13.1. The van der Waals surface area contributed by atoms with Gasteiger partial charge in [-0.2, -0.15) is 0 Å². The molecule has 0 heterocycles. The van der Waals surface area contributed by atoms with Gasteiger partial charge < -0.3 is 10.1 Å². The van der Waals surface area contributed by atoms with Crippen LogP contribution in [0.1, 0.15) is 72.6 Å². The summed E-state index contributed by atoms with van der Waals surface area (Å²) in [5, 5.41) is 3.48. The average molecular weight is 257 g/mol. The predicted octanol–water partition coefficient (Wildman–Crippen LogP) is 4.39. The molecule has 0 saturated heterocycles. The minimum atomic E-state index is 0.414. The lowest BCUT2D eigenvalue weighted by molar-refractivity contribution is 0.0211. The largest absolute Gasteiger partial charge is 0.377 e. The summed E-state index contributed by atoms with van der Waals surface area (Å²) >= 11 is 0. The van der Waals surface area contributed by atoms with Gasteiger partial charge in [0.1, 0.15) is 0 Å². The third-order valence-electron chi connectivity index (χ3n) is 3.52. The molecule has 0 fully saturated rings. The van der Waals surface area contributed by atoms with Crippen LogP contribution in [0.3, 0.4) is 0 Å². The third-order valence-corrected chi connectivity index (χ3v) is 3.52. The summed E-state index contributed by atoms with van der Waals surface area (Å²) in [4.78, 5) is 0. The van der Waals surface area contributed by atoms with Crippen LogP contribution >= 0.6 is 0 Å².